The van der Waals surface area contributed by atoms with Crippen LogP contribution in [0.4, 0.5) is 0 Å². The van der Waals surface area contributed by atoms with Crippen molar-refractivity contribution >= 4 is 30.1 Å². The van der Waals surface area contributed by atoms with Crippen LogP contribution >= 0.6 is 12.4 Å². The number of halogens is 1. The Kier molecular flexibility index (Phi) is 6.67. The number of imide groups is 1. The van der Waals surface area contributed by atoms with Crippen LogP contribution in [-0.2, 0) is 6.42 Å². The van der Waals surface area contributed by atoms with Gasteiger partial charge in [-0.3, -0.25) is 19.3 Å². The molecule has 0 spiro atoms. The van der Waals surface area contributed by atoms with Crippen molar-refractivity contribution in [1.82, 2.24) is 15.1 Å². The summed E-state index contributed by atoms with van der Waals surface area (Å²) in [6.07, 6.45) is 1.51. The summed E-state index contributed by atoms with van der Waals surface area (Å²) in [7, 11) is 0. The van der Waals surface area contributed by atoms with E-state index in [0.29, 0.717) is 42.7 Å². The number of benzene rings is 2. The van der Waals surface area contributed by atoms with Gasteiger partial charge in [-0.2, -0.15) is 0 Å². The average molecular weight is 414 g/mol. The molecule has 29 heavy (non-hydrogen) atoms. The number of nitrogens with one attached hydrogen (secondary N) is 1. The highest BCUT2D eigenvalue weighted by Gasteiger charge is 2.36. The molecular formula is C22H24ClN3O3. The number of amides is 3. The summed E-state index contributed by atoms with van der Waals surface area (Å²) >= 11 is 0. The molecule has 2 aromatic rings. The van der Waals surface area contributed by atoms with Crippen molar-refractivity contribution in [3.05, 3.63) is 70.8 Å². The Labute approximate surface area is 176 Å². The van der Waals surface area contributed by atoms with Crippen LogP contribution in [0.1, 0.15) is 43.1 Å². The number of carbonyl (C=O) groups is 3. The summed E-state index contributed by atoms with van der Waals surface area (Å²) in [6, 6.07) is 14.6. The van der Waals surface area contributed by atoms with E-state index >= 15 is 0 Å². The van der Waals surface area contributed by atoms with Crippen LogP contribution in [0.5, 0.6) is 0 Å². The minimum atomic E-state index is -0.317. The summed E-state index contributed by atoms with van der Waals surface area (Å²) in [5.74, 6) is -0.688. The van der Waals surface area contributed by atoms with Gasteiger partial charge in [0.1, 0.15) is 0 Å². The third-order valence-electron chi connectivity index (χ3n) is 5.31. The molecule has 3 amide bonds. The summed E-state index contributed by atoms with van der Waals surface area (Å²) in [6.45, 7) is 3.33. The molecule has 6 nitrogen and oxygen atoms in total. The predicted molar refractivity (Wildman–Crippen MR) is 113 cm³/mol. The van der Waals surface area contributed by atoms with Gasteiger partial charge in [-0.25, -0.2) is 0 Å². The predicted octanol–water partition coefficient (Wildman–Crippen LogP) is 2.38. The summed E-state index contributed by atoms with van der Waals surface area (Å²) < 4.78 is 0. The average Bonchev–Trinajstić information content (AvgIpc) is 2.92. The minimum absolute atomic E-state index is 0. The summed E-state index contributed by atoms with van der Waals surface area (Å²) in [5.41, 5.74) is 2.25. The van der Waals surface area contributed by atoms with Gasteiger partial charge in [-0.1, -0.05) is 30.3 Å². The molecule has 0 atom stereocenters. The van der Waals surface area contributed by atoms with E-state index in [1.165, 1.54) is 4.90 Å². The highest BCUT2D eigenvalue weighted by Crippen LogP contribution is 2.25. The van der Waals surface area contributed by atoms with Crippen LogP contribution in [0.2, 0.25) is 0 Å². The largest absolute Gasteiger partial charge is 0.337 e. The van der Waals surface area contributed by atoms with Crippen LogP contribution in [0.3, 0.4) is 0 Å². The van der Waals surface area contributed by atoms with E-state index in [1.54, 1.807) is 23.1 Å². The van der Waals surface area contributed by atoms with Crippen LogP contribution in [0, 0.1) is 0 Å². The normalized spacial score (nSPS) is 16.3. The fraction of sp³-hybridized carbons (Fsp3) is 0.318. The first-order valence-corrected chi connectivity index (χ1v) is 9.69. The zero-order valence-electron chi connectivity index (χ0n) is 16.1. The number of nitrogens with zero attached hydrogens (tertiary/aromatic N) is 2. The van der Waals surface area contributed by atoms with Crippen molar-refractivity contribution < 1.29 is 14.4 Å². The Morgan fingerprint density at radius 1 is 0.931 bits per heavy atom. The third kappa shape index (κ3) is 4.33. The van der Waals surface area contributed by atoms with Crippen molar-refractivity contribution in [1.29, 1.82) is 0 Å². The molecule has 1 saturated heterocycles. The van der Waals surface area contributed by atoms with Crippen LogP contribution in [-0.4, -0.2) is 60.2 Å². The van der Waals surface area contributed by atoms with E-state index < -0.39 is 0 Å². The Hall–Kier alpha value is -2.70. The van der Waals surface area contributed by atoms with Gasteiger partial charge < -0.3 is 10.2 Å². The van der Waals surface area contributed by atoms with Crippen molar-refractivity contribution in [2.75, 3.05) is 32.7 Å². The molecule has 2 heterocycles. The number of carbonyl (C=O) groups excluding carboxylic acids is 3. The van der Waals surface area contributed by atoms with Crippen molar-refractivity contribution in [2.45, 2.75) is 12.8 Å². The van der Waals surface area contributed by atoms with E-state index in [2.05, 4.69) is 5.32 Å². The molecule has 7 heteroatoms. The topological polar surface area (TPSA) is 69.7 Å². The van der Waals surface area contributed by atoms with E-state index in [-0.39, 0.29) is 30.1 Å². The molecule has 0 aliphatic carbocycles. The van der Waals surface area contributed by atoms with Gasteiger partial charge in [0.25, 0.3) is 17.7 Å². The number of rotatable bonds is 4. The van der Waals surface area contributed by atoms with Crippen LogP contribution in [0.25, 0.3) is 0 Å². The SMILES string of the molecule is Cl.O=C(c1ccc2c(c1)C(=O)N(CCc1ccccc1)C2=O)N1CCCNCC1. The van der Waals surface area contributed by atoms with E-state index in [4.69, 9.17) is 0 Å². The maximum Gasteiger partial charge on any atom is 0.261 e. The van der Waals surface area contributed by atoms with Crippen molar-refractivity contribution in [2.24, 2.45) is 0 Å². The second kappa shape index (κ2) is 9.20. The van der Waals surface area contributed by atoms with Gasteiger partial charge >= 0.3 is 0 Å². The molecule has 0 radical (unpaired) electrons. The highest BCUT2D eigenvalue weighted by molar-refractivity contribution is 6.22. The molecule has 0 saturated carbocycles. The maximum atomic E-state index is 12.8. The third-order valence-corrected chi connectivity index (χ3v) is 5.31. The Morgan fingerprint density at radius 3 is 2.48 bits per heavy atom. The van der Waals surface area contributed by atoms with Gasteiger partial charge in [0, 0.05) is 31.7 Å². The first-order valence-electron chi connectivity index (χ1n) is 9.69. The Bertz CT molecular complexity index is 909. The first-order chi connectivity index (χ1) is 13.6. The van der Waals surface area contributed by atoms with Crippen molar-refractivity contribution in [3.8, 4) is 0 Å². The Balaban J connectivity index is 0.00000240. The zero-order chi connectivity index (χ0) is 19.5. The van der Waals surface area contributed by atoms with Gasteiger partial charge in [0.05, 0.1) is 11.1 Å². The molecule has 1 fully saturated rings. The molecule has 0 unspecified atom stereocenters. The fourth-order valence-corrected chi connectivity index (χ4v) is 3.74. The molecular weight excluding hydrogens is 390 g/mol. The highest BCUT2D eigenvalue weighted by atomic mass is 35.5. The van der Waals surface area contributed by atoms with Gasteiger partial charge in [-0.15, -0.1) is 12.4 Å². The van der Waals surface area contributed by atoms with E-state index in [9.17, 15) is 14.4 Å². The minimum Gasteiger partial charge on any atom is -0.337 e. The van der Waals surface area contributed by atoms with E-state index in [1.807, 2.05) is 30.3 Å². The second-order valence-electron chi connectivity index (χ2n) is 7.15. The zero-order valence-corrected chi connectivity index (χ0v) is 16.9. The molecule has 4 rings (SSSR count). The Morgan fingerprint density at radius 2 is 1.69 bits per heavy atom. The van der Waals surface area contributed by atoms with Crippen LogP contribution in [0.15, 0.2) is 48.5 Å². The molecule has 2 aromatic carbocycles. The molecule has 2 aliphatic rings. The lowest BCUT2D eigenvalue weighted by Gasteiger charge is -2.20. The van der Waals surface area contributed by atoms with Crippen molar-refractivity contribution in [3.63, 3.8) is 0 Å². The molecule has 0 bridgehead atoms. The van der Waals surface area contributed by atoms with Gasteiger partial charge in [0.15, 0.2) is 0 Å². The lowest BCUT2D eigenvalue weighted by Crippen LogP contribution is -2.34. The number of fused-ring (bicyclic) bond motifs is 1. The number of hydrogen-bond donors (Lipinski definition) is 1. The fourth-order valence-electron chi connectivity index (χ4n) is 3.74. The molecule has 1 N–H and O–H groups in total. The summed E-state index contributed by atoms with van der Waals surface area (Å²) in [5, 5.41) is 3.27. The molecule has 152 valence electrons. The molecule has 0 aromatic heterocycles. The monoisotopic (exact) mass is 413 g/mol. The van der Waals surface area contributed by atoms with Gasteiger partial charge in [-0.05, 0) is 43.1 Å². The lowest BCUT2D eigenvalue weighted by atomic mass is 10.0. The lowest BCUT2D eigenvalue weighted by molar-refractivity contribution is 0.0655. The second-order valence-corrected chi connectivity index (χ2v) is 7.15. The smallest absolute Gasteiger partial charge is 0.261 e. The molecule has 2 aliphatic heterocycles. The van der Waals surface area contributed by atoms with Gasteiger partial charge in [0.2, 0.25) is 0 Å². The summed E-state index contributed by atoms with van der Waals surface area (Å²) in [4.78, 5) is 41.4. The number of hydrogen-bond acceptors (Lipinski definition) is 4. The first kappa shape index (κ1) is 21.0. The van der Waals surface area contributed by atoms with Crippen LogP contribution < -0.4 is 5.32 Å². The maximum absolute atomic E-state index is 12.8. The quantitative estimate of drug-likeness (QED) is 0.781. The van der Waals surface area contributed by atoms with E-state index in [0.717, 1.165) is 25.1 Å². The standard InChI is InChI=1S/C22H23N3O3.ClH/c26-20(24-12-4-10-23-11-14-24)17-7-8-18-19(15-17)22(28)25(21(18)27)13-9-16-5-2-1-3-6-16;/h1-3,5-8,15,23H,4,9-14H2;1H.